The summed E-state index contributed by atoms with van der Waals surface area (Å²) in [7, 11) is 1.25. The lowest BCUT2D eigenvalue weighted by Gasteiger charge is -2.26. The molecule has 0 saturated carbocycles. The average Bonchev–Trinajstić information content (AvgIpc) is 3.02. The number of ether oxygens (including phenoxy) is 2. The number of morpholine rings is 1. The van der Waals surface area contributed by atoms with Crippen molar-refractivity contribution in [2.75, 3.05) is 33.4 Å². The molecule has 0 aliphatic carbocycles. The van der Waals surface area contributed by atoms with Crippen LogP contribution in [-0.2, 0) is 25.6 Å². The first-order valence-corrected chi connectivity index (χ1v) is 9.24. The van der Waals surface area contributed by atoms with Gasteiger partial charge in [-0.25, -0.2) is 4.79 Å². The van der Waals surface area contributed by atoms with Crippen molar-refractivity contribution in [1.29, 1.82) is 0 Å². The maximum absolute atomic E-state index is 11.7. The molecule has 1 aromatic rings. The van der Waals surface area contributed by atoms with Crippen molar-refractivity contribution in [3.63, 3.8) is 0 Å². The number of hydrogen-bond acceptors (Lipinski definition) is 8. The summed E-state index contributed by atoms with van der Waals surface area (Å²) in [5.41, 5.74) is 2.12. The van der Waals surface area contributed by atoms with Gasteiger partial charge in [-0.1, -0.05) is 18.2 Å². The van der Waals surface area contributed by atoms with E-state index in [-0.39, 0.29) is 4.91 Å². The summed E-state index contributed by atoms with van der Waals surface area (Å²) >= 11 is 1.04. The van der Waals surface area contributed by atoms with Crippen LogP contribution in [0.15, 0.2) is 45.4 Å². The minimum Gasteiger partial charge on any atom is -0.466 e. The fraction of sp³-hybridized carbons (Fsp3) is 0.333. The van der Waals surface area contributed by atoms with Crippen LogP contribution in [0.1, 0.15) is 11.1 Å². The average molecular weight is 388 g/mol. The maximum Gasteiger partial charge on any atom is 0.331 e. The predicted octanol–water partition coefficient (Wildman–Crippen LogP) is 1.13. The molecular weight excluding hydrogens is 368 g/mol. The molecule has 8 nitrogen and oxygen atoms in total. The lowest BCUT2D eigenvalue weighted by molar-refractivity contribution is -0.135. The molecule has 0 atom stereocenters. The molecule has 2 fully saturated rings. The highest BCUT2D eigenvalue weighted by Crippen LogP contribution is 2.23. The van der Waals surface area contributed by atoms with E-state index in [0.717, 1.165) is 56.2 Å². The molecule has 0 aromatic heterocycles. The van der Waals surface area contributed by atoms with E-state index >= 15 is 0 Å². The van der Waals surface area contributed by atoms with Crippen LogP contribution in [0.4, 0.5) is 0 Å². The zero-order valence-corrected chi connectivity index (χ0v) is 15.7. The molecule has 27 heavy (non-hydrogen) atoms. The van der Waals surface area contributed by atoms with Crippen LogP contribution in [0.25, 0.3) is 0 Å². The Bertz CT molecular complexity index is 800. The molecular formula is C18H20N4O4S. The number of rotatable bonds is 5. The fourth-order valence-electron chi connectivity index (χ4n) is 2.58. The van der Waals surface area contributed by atoms with Crippen LogP contribution in [-0.4, -0.2) is 61.6 Å². The molecule has 1 aromatic carbocycles. The highest BCUT2D eigenvalue weighted by Gasteiger charge is 2.25. The number of thioether (sulfide) groups is 1. The Labute approximate surface area is 161 Å². The largest absolute Gasteiger partial charge is 0.466 e. The molecule has 2 saturated heterocycles. The number of amides is 1. The standard InChI is InChI=1S/C18H20N4O4S/c1-25-16(23)10-15-17(24)20-18(27-15)21-19-11-13-3-2-4-14(9-13)12-22-5-7-26-8-6-22/h2-4,9-11H,5-8,12H2,1H3,(H,20,21,24)/b15-10+,19-11?. The smallest absolute Gasteiger partial charge is 0.331 e. The third kappa shape index (κ3) is 5.75. The Morgan fingerprint density at radius 1 is 1.41 bits per heavy atom. The number of esters is 1. The van der Waals surface area contributed by atoms with Gasteiger partial charge in [-0.3, -0.25) is 15.0 Å². The number of nitrogens with one attached hydrogen (secondary N) is 1. The number of benzene rings is 1. The Hall–Kier alpha value is -2.49. The third-order valence-electron chi connectivity index (χ3n) is 3.92. The second-order valence-electron chi connectivity index (χ2n) is 5.87. The predicted molar refractivity (Wildman–Crippen MR) is 103 cm³/mol. The number of hydrogen-bond donors (Lipinski definition) is 1. The third-order valence-corrected chi connectivity index (χ3v) is 4.82. The molecule has 2 aliphatic rings. The molecule has 1 amide bonds. The normalized spacial score (nSPS) is 21.1. The molecule has 142 valence electrons. The summed E-state index contributed by atoms with van der Waals surface area (Å²) in [6.07, 6.45) is 2.76. The van der Waals surface area contributed by atoms with Gasteiger partial charge in [0.25, 0.3) is 5.91 Å². The van der Waals surface area contributed by atoms with Crippen molar-refractivity contribution in [2.24, 2.45) is 10.2 Å². The second-order valence-corrected chi connectivity index (χ2v) is 6.90. The number of nitrogens with zero attached hydrogens (tertiary/aromatic N) is 3. The number of carbonyl (C=O) groups is 2. The van der Waals surface area contributed by atoms with Gasteiger partial charge < -0.3 is 9.47 Å². The minimum atomic E-state index is -0.588. The summed E-state index contributed by atoms with van der Waals surface area (Å²) in [5.74, 6) is -0.985. The van der Waals surface area contributed by atoms with E-state index in [9.17, 15) is 9.59 Å². The molecule has 0 radical (unpaired) electrons. The number of amidine groups is 1. The first-order chi connectivity index (χ1) is 13.1. The van der Waals surface area contributed by atoms with Gasteiger partial charge in [0.2, 0.25) is 0 Å². The summed E-state index contributed by atoms with van der Waals surface area (Å²) in [6.45, 7) is 4.28. The van der Waals surface area contributed by atoms with E-state index in [1.54, 1.807) is 6.21 Å². The Balaban J connectivity index is 1.60. The van der Waals surface area contributed by atoms with E-state index < -0.39 is 11.9 Å². The van der Waals surface area contributed by atoms with Crippen molar-refractivity contribution < 1.29 is 19.1 Å². The highest BCUT2D eigenvalue weighted by molar-refractivity contribution is 8.18. The molecule has 0 unspecified atom stereocenters. The van der Waals surface area contributed by atoms with Gasteiger partial charge in [-0.05, 0) is 29.0 Å². The van der Waals surface area contributed by atoms with Crippen molar-refractivity contribution in [2.45, 2.75) is 6.54 Å². The van der Waals surface area contributed by atoms with Crippen LogP contribution in [0.3, 0.4) is 0 Å². The zero-order valence-electron chi connectivity index (χ0n) is 14.9. The summed E-state index contributed by atoms with van der Waals surface area (Å²) in [6, 6.07) is 8.06. The first kappa shape index (κ1) is 19.3. The summed E-state index contributed by atoms with van der Waals surface area (Å²) in [5, 5.41) is 10.9. The van der Waals surface area contributed by atoms with Gasteiger partial charge in [0, 0.05) is 25.7 Å². The van der Waals surface area contributed by atoms with Gasteiger partial charge in [-0.15, -0.1) is 5.10 Å². The van der Waals surface area contributed by atoms with Crippen molar-refractivity contribution in [3.05, 3.63) is 46.4 Å². The van der Waals surface area contributed by atoms with Crippen LogP contribution in [0.2, 0.25) is 0 Å². The molecule has 1 N–H and O–H groups in total. The molecule has 0 bridgehead atoms. The van der Waals surface area contributed by atoms with Crippen LogP contribution >= 0.6 is 11.8 Å². The minimum absolute atomic E-state index is 0.225. The van der Waals surface area contributed by atoms with Gasteiger partial charge in [-0.2, -0.15) is 5.10 Å². The lowest BCUT2D eigenvalue weighted by Crippen LogP contribution is -2.35. The zero-order chi connectivity index (χ0) is 19.1. The molecule has 0 spiro atoms. The summed E-state index contributed by atoms with van der Waals surface area (Å²) in [4.78, 5) is 25.5. The van der Waals surface area contributed by atoms with E-state index in [2.05, 4.69) is 37.3 Å². The van der Waals surface area contributed by atoms with Gasteiger partial charge in [0.15, 0.2) is 5.17 Å². The van der Waals surface area contributed by atoms with E-state index in [1.165, 1.54) is 12.7 Å². The summed E-state index contributed by atoms with van der Waals surface area (Å²) < 4.78 is 9.88. The first-order valence-electron chi connectivity index (χ1n) is 8.43. The monoisotopic (exact) mass is 388 g/mol. The number of carbonyl (C=O) groups excluding carboxylic acids is 2. The van der Waals surface area contributed by atoms with Crippen molar-refractivity contribution >= 4 is 35.0 Å². The maximum atomic E-state index is 11.7. The SMILES string of the molecule is COC(=O)/C=C1/S/C(=N\N=Cc2cccc(CN3CCOCC3)c2)NC1=O. The van der Waals surface area contributed by atoms with Gasteiger partial charge in [0.1, 0.15) is 0 Å². The Kier molecular flexibility index (Phi) is 6.74. The molecule has 3 rings (SSSR count). The van der Waals surface area contributed by atoms with E-state index in [1.807, 2.05) is 12.1 Å². The topological polar surface area (TPSA) is 92.6 Å². The Morgan fingerprint density at radius 3 is 3.00 bits per heavy atom. The lowest BCUT2D eigenvalue weighted by atomic mass is 10.1. The van der Waals surface area contributed by atoms with Crippen molar-refractivity contribution in [1.82, 2.24) is 10.2 Å². The van der Waals surface area contributed by atoms with E-state index in [4.69, 9.17) is 4.74 Å². The molecule has 9 heteroatoms. The van der Waals surface area contributed by atoms with Crippen LogP contribution in [0.5, 0.6) is 0 Å². The number of methoxy groups -OCH3 is 1. The Morgan fingerprint density at radius 2 is 2.22 bits per heavy atom. The van der Waals surface area contributed by atoms with Gasteiger partial charge >= 0.3 is 5.97 Å². The van der Waals surface area contributed by atoms with Crippen LogP contribution < -0.4 is 5.32 Å². The molecule has 2 heterocycles. The fourth-order valence-corrected chi connectivity index (χ4v) is 3.32. The second kappa shape index (κ2) is 9.45. The van der Waals surface area contributed by atoms with Gasteiger partial charge in [0.05, 0.1) is 31.4 Å². The van der Waals surface area contributed by atoms with Crippen molar-refractivity contribution in [3.8, 4) is 0 Å². The molecule has 2 aliphatic heterocycles. The van der Waals surface area contributed by atoms with Crippen LogP contribution in [0, 0.1) is 0 Å². The van der Waals surface area contributed by atoms with E-state index in [0.29, 0.717) is 5.17 Å². The highest BCUT2D eigenvalue weighted by atomic mass is 32.2. The quantitative estimate of drug-likeness (QED) is 0.352.